The number of hydrogen-bond donors (Lipinski definition) is 0. The molecule has 0 spiro atoms. The lowest BCUT2D eigenvalue weighted by Gasteiger charge is -2.07. The Hall–Kier alpha value is -0.0900. The molecule has 1 heteroatoms. The van der Waals surface area contributed by atoms with Crippen LogP contribution in [0.4, 0.5) is 0 Å². The number of thioether (sulfide) groups is 1. The van der Waals surface area contributed by atoms with E-state index in [-0.39, 0.29) is 0 Å². The van der Waals surface area contributed by atoms with Gasteiger partial charge in [-0.15, -0.1) is 12.3 Å². The monoisotopic (exact) mass is 254 g/mol. The predicted octanol–water partition coefficient (Wildman–Crippen LogP) is 5.66. The van der Waals surface area contributed by atoms with E-state index < -0.39 is 0 Å². The van der Waals surface area contributed by atoms with Gasteiger partial charge in [0.2, 0.25) is 0 Å². The fraction of sp³-hybridized carbons (Fsp3) is 0.875. The topological polar surface area (TPSA) is 0 Å². The molecule has 0 bridgehead atoms. The minimum atomic E-state index is 0.853. The summed E-state index contributed by atoms with van der Waals surface area (Å²) in [5.74, 6) is 2.71. The van der Waals surface area contributed by atoms with Gasteiger partial charge in [0.25, 0.3) is 0 Å². The SMILES string of the molecule is C#CCCCCCCCCCCCC(C)SC. The molecule has 0 aliphatic heterocycles. The maximum Gasteiger partial charge on any atom is 0.00860 e. The molecule has 0 radical (unpaired) electrons. The number of terminal acetylenes is 1. The maximum atomic E-state index is 5.22. The summed E-state index contributed by atoms with van der Waals surface area (Å²) >= 11 is 1.99. The van der Waals surface area contributed by atoms with Gasteiger partial charge in [-0.25, -0.2) is 0 Å². The van der Waals surface area contributed by atoms with Crippen molar-refractivity contribution in [1.82, 2.24) is 0 Å². The molecular weight excluding hydrogens is 224 g/mol. The van der Waals surface area contributed by atoms with Crippen LogP contribution in [0.1, 0.15) is 77.6 Å². The highest BCUT2D eigenvalue weighted by molar-refractivity contribution is 7.99. The van der Waals surface area contributed by atoms with Crippen molar-refractivity contribution in [1.29, 1.82) is 0 Å². The molecule has 0 nitrogen and oxygen atoms in total. The molecule has 0 rings (SSSR count). The molecule has 17 heavy (non-hydrogen) atoms. The van der Waals surface area contributed by atoms with Crippen LogP contribution in [0.5, 0.6) is 0 Å². The van der Waals surface area contributed by atoms with Gasteiger partial charge in [0.05, 0.1) is 0 Å². The predicted molar refractivity (Wildman–Crippen MR) is 82.6 cm³/mol. The Morgan fingerprint density at radius 3 is 1.82 bits per heavy atom. The quantitative estimate of drug-likeness (QED) is 0.320. The molecule has 0 amide bonds. The van der Waals surface area contributed by atoms with Gasteiger partial charge in [0, 0.05) is 11.7 Å². The summed E-state index contributed by atoms with van der Waals surface area (Å²) in [6.45, 7) is 2.33. The molecule has 100 valence electrons. The van der Waals surface area contributed by atoms with Crippen molar-refractivity contribution in [2.75, 3.05) is 6.26 Å². The molecular formula is C16H30S. The van der Waals surface area contributed by atoms with Crippen LogP contribution in [-0.2, 0) is 0 Å². The lowest BCUT2D eigenvalue weighted by molar-refractivity contribution is 0.553. The molecule has 0 aliphatic rings. The van der Waals surface area contributed by atoms with Crippen molar-refractivity contribution in [2.24, 2.45) is 0 Å². The fourth-order valence-corrected chi connectivity index (χ4v) is 2.42. The Balaban J connectivity index is 2.97. The Morgan fingerprint density at radius 1 is 0.882 bits per heavy atom. The molecule has 0 saturated carbocycles. The van der Waals surface area contributed by atoms with Gasteiger partial charge >= 0.3 is 0 Å². The van der Waals surface area contributed by atoms with E-state index in [0.717, 1.165) is 11.7 Å². The second-order valence-corrected chi connectivity index (χ2v) is 6.25. The highest BCUT2D eigenvalue weighted by Gasteiger charge is 1.98. The van der Waals surface area contributed by atoms with Gasteiger partial charge in [0.1, 0.15) is 0 Å². The zero-order valence-corrected chi connectivity index (χ0v) is 12.7. The molecule has 0 aromatic heterocycles. The molecule has 0 fully saturated rings. The fourth-order valence-electron chi connectivity index (χ4n) is 2.01. The molecule has 0 aromatic rings. The van der Waals surface area contributed by atoms with Crippen molar-refractivity contribution < 1.29 is 0 Å². The Kier molecular flexibility index (Phi) is 13.9. The third-order valence-corrected chi connectivity index (χ3v) is 4.37. The number of rotatable bonds is 12. The van der Waals surface area contributed by atoms with Crippen molar-refractivity contribution in [3.63, 3.8) is 0 Å². The third-order valence-electron chi connectivity index (χ3n) is 3.33. The van der Waals surface area contributed by atoms with E-state index in [4.69, 9.17) is 6.42 Å². The van der Waals surface area contributed by atoms with Gasteiger partial charge in [-0.3, -0.25) is 0 Å². The van der Waals surface area contributed by atoms with Crippen molar-refractivity contribution >= 4 is 11.8 Å². The van der Waals surface area contributed by atoms with E-state index in [9.17, 15) is 0 Å². The summed E-state index contributed by atoms with van der Waals surface area (Å²) in [7, 11) is 0. The molecule has 0 saturated heterocycles. The lowest BCUT2D eigenvalue weighted by Crippen LogP contribution is -1.94. The second-order valence-electron chi connectivity index (χ2n) is 4.97. The summed E-state index contributed by atoms with van der Waals surface area (Å²) in [4.78, 5) is 0. The van der Waals surface area contributed by atoms with Crippen LogP contribution in [0.3, 0.4) is 0 Å². The van der Waals surface area contributed by atoms with Crippen molar-refractivity contribution in [2.45, 2.75) is 82.8 Å². The second kappa shape index (κ2) is 14.0. The zero-order chi connectivity index (χ0) is 12.8. The Morgan fingerprint density at radius 2 is 1.35 bits per heavy atom. The highest BCUT2D eigenvalue weighted by Crippen LogP contribution is 2.16. The van der Waals surface area contributed by atoms with Gasteiger partial charge in [-0.05, 0) is 19.1 Å². The lowest BCUT2D eigenvalue weighted by atomic mass is 10.1. The van der Waals surface area contributed by atoms with E-state index in [1.165, 1.54) is 64.2 Å². The summed E-state index contributed by atoms with van der Waals surface area (Å²) in [6, 6.07) is 0. The van der Waals surface area contributed by atoms with Crippen molar-refractivity contribution in [3.8, 4) is 12.3 Å². The third kappa shape index (κ3) is 13.8. The van der Waals surface area contributed by atoms with Gasteiger partial charge in [0.15, 0.2) is 0 Å². The summed E-state index contributed by atoms with van der Waals surface area (Å²) in [6.07, 6.45) is 22.3. The van der Waals surface area contributed by atoms with Gasteiger partial charge in [-0.1, -0.05) is 58.3 Å². The van der Waals surface area contributed by atoms with Crippen LogP contribution in [0, 0.1) is 12.3 Å². The van der Waals surface area contributed by atoms with E-state index in [2.05, 4.69) is 19.1 Å². The first-order chi connectivity index (χ1) is 8.31. The van der Waals surface area contributed by atoms with Gasteiger partial charge in [-0.2, -0.15) is 11.8 Å². The summed E-state index contributed by atoms with van der Waals surface area (Å²) in [5.41, 5.74) is 0. The molecule has 1 atom stereocenters. The van der Waals surface area contributed by atoms with Crippen LogP contribution < -0.4 is 0 Å². The standard InChI is InChI=1S/C16H30S/c1-4-5-6-7-8-9-10-11-12-13-14-15-16(2)17-3/h1,16H,5-15H2,2-3H3. The highest BCUT2D eigenvalue weighted by atomic mass is 32.2. The first-order valence-electron chi connectivity index (χ1n) is 7.27. The van der Waals surface area contributed by atoms with Crippen LogP contribution >= 0.6 is 11.8 Å². The van der Waals surface area contributed by atoms with Crippen LogP contribution in [-0.4, -0.2) is 11.5 Å². The first kappa shape index (κ1) is 16.9. The van der Waals surface area contributed by atoms with Crippen molar-refractivity contribution in [3.05, 3.63) is 0 Å². The molecule has 0 heterocycles. The Bertz CT molecular complexity index is 180. The van der Waals surface area contributed by atoms with Crippen LogP contribution in [0.2, 0.25) is 0 Å². The maximum absolute atomic E-state index is 5.22. The molecule has 0 aliphatic carbocycles. The van der Waals surface area contributed by atoms with Gasteiger partial charge < -0.3 is 0 Å². The number of unbranched alkanes of at least 4 members (excludes halogenated alkanes) is 9. The summed E-state index contributed by atoms with van der Waals surface area (Å²) in [5, 5.41) is 0.853. The minimum Gasteiger partial charge on any atom is -0.162 e. The molecule has 1 unspecified atom stereocenters. The molecule has 0 N–H and O–H groups in total. The number of hydrogen-bond acceptors (Lipinski definition) is 1. The average molecular weight is 254 g/mol. The van der Waals surface area contributed by atoms with Crippen LogP contribution in [0.25, 0.3) is 0 Å². The Labute approximate surface area is 113 Å². The largest absolute Gasteiger partial charge is 0.162 e. The van der Waals surface area contributed by atoms with E-state index in [0.29, 0.717) is 0 Å². The first-order valence-corrected chi connectivity index (χ1v) is 8.56. The van der Waals surface area contributed by atoms with E-state index in [1.54, 1.807) is 0 Å². The zero-order valence-electron chi connectivity index (χ0n) is 11.8. The van der Waals surface area contributed by atoms with E-state index >= 15 is 0 Å². The molecule has 0 aromatic carbocycles. The summed E-state index contributed by atoms with van der Waals surface area (Å²) < 4.78 is 0. The average Bonchev–Trinajstić information content (AvgIpc) is 2.35. The van der Waals surface area contributed by atoms with Crippen LogP contribution in [0.15, 0.2) is 0 Å². The van der Waals surface area contributed by atoms with E-state index in [1.807, 2.05) is 11.8 Å². The minimum absolute atomic E-state index is 0.853. The smallest absolute Gasteiger partial charge is 0.00860 e. The normalized spacial score (nSPS) is 12.3.